The average Bonchev–Trinajstić information content (AvgIpc) is 2.34. The summed E-state index contributed by atoms with van der Waals surface area (Å²) >= 11 is 5.83. The third kappa shape index (κ3) is 5.61. The number of anilines is 1. The molecule has 1 aromatic carbocycles. The van der Waals surface area contributed by atoms with Gasteiger partial charge in [-0.3, -0.25) is 4.79 Å². The Hall–Kier alpha value is -1.75. The molecule has 0 aliphatic heterocycles. The number of benzene rings is 1. The van der Waals surface area contributed by atoms with Gasteiger partial charge in [0.15, 0.2) is 0 Å². The molecule has 0 aliphatic carbocycles. The molecule has 0 heterocycles. The molecule has 0 bridgehead atoms. The molecule has 5 nitrogen and oxygen atoms in total. The molecular formula is C13H17ClN2O3. The molecular weight excluding hydrogens is 268 g/mol. The van der Waals surface area contributed by atoms with E-state index in [1.807, 2.05) is 6.92 Å². The largest absolute Gasteiger partial charge is 0.481 e. The summed E-state index contributed by atoms with van der Waals surface area (Å²) in [5.74, 6) is -0.920. The molecule has 0 aromatic heterocycles. The minimum Gasteiger partial charge on any atom is -0.481 e. The highest BCUT2D eigenvalue weighted by molar-refractivity contribution is 6.30. The number of halogens is 1. The van der Waals surface area contributed by atoms with Gasteiger partial charge in [0.1, 0.15) is 0 Å². The Morgan fingerprint density at radius 1 is 1.37 bits per heavy atom. The van der Waals surface area contributed by atoms with Gasteiger partial charge >= 0.3 is 12.0 Å². The van der Waals surface area contributed by atoms with Gasteiger partial charge in [0.05, 0.1) is 6.42 Å². The van der Waals surface area contributed by atoms with E-state index in [0.717, 1.165) is 6.42 Å². The van der Waals surface area contributed by atoms with E-state index in [0.29, 0.717) is 17.3 Å². The van der Waals surface area contributed by atoms with Crippen LogP contribution in [0.15, 0.2) is 24.3 Å². The van der Waals surface area contributed by atoms with Crippen LogP contribution in [0.1, 0.15) is 19.8 Å². The fraction of sp³-hybridized carbons (Fsp3) is 0.385. The average molecular weight is 285 g/mol. The van der Waals surface area contributed by atoms with Gasteiger partial charge in [-0.25, -0.2) is 4.79 Å². The maximum Gasteiger partial charge on any atom is 0.321 e. The lowest BCUT2D eigenvalue weighted by molar-refractivity contribution is -0.137. The Balaban J connectivity index is 2.63. The van der Waals surface area contributed by atoms with E-state index in [9.17, 15) is 9.59 Å². The summed E-state index contributed by atoms with van der Waals surface area (Å²) in [6, 6.07) is 6.50. The maximum atomic E-state index is 12.0. The van der Waals surface area contributed by atoms with Crippen molar-refractivity contribution >= 4 is 29.3 Å². The molecule has 0 atom stereocenters. The van der Waals surface area contributed by atoms with Crippen molar-refractivity contribution in [3.05, 3.63) is 29.3 Å². The Morgan fingerprint density at radius 2 is 2.11 bits per heavy atom. The van der Waals surface area contributed by atoms with Gasteiger partial charge in [0, 0.05) is 23.8 Å². The number of carbonyl (C=O) groups is 2. The normalized spacial score (nSPS) is 10.0. The van der Waals surface area contributed by atoms with Crippen LogP contribution in [0.5, 0.6) is 0 Å². The summed E-state index contributed by atoms with van der Waals surface area (Å²) < 4.78 is 0. The van der Waals surface area contributed by atoms with Gasteiger partial charge < -0.3 is 15.3 Å². The summed E-state index contributed by atoms with van der Waals surface area (Å²) in [6.07, 6.45) is 0.700. The molecule has 6 heteroatoms. The summed E-state index contributed by atoms with van der Waals surface area (Å²) in [4.78, 5) is 24.0. The van der Waals surface area contributed by atoms with Crippen LogP contribution in [-0.2, 0) is 4.79 Å². The number of rotatable bonds is 6. The van der Waals surface area contributed by atoms with Gasteiger partial charge in [0.2, 0.25) is 0 Å². The Labute approximate surface area is 117 Å². The van der Waals surface area contributed by atoms with Crippen LogP contribution in [0.4, 0.5) is 10.5 Å². The highest BCUT2D eigenvalue weighted by atomic mass is 35.5. The number of hydrogen-bond donors (Lipinski definition) is 2. The van der Waals surface area contributed by atoms with Crippen LogP contribution >= 0.6 is 11.6 Å². The van der Waals surface area contributed by atoms with Crippen molar-refractivity contribution in [3.8, 4) is 0 Å². The maximum absolute atomic E-state index is 12.0. The van der Waals surface area contributed by atoms with Gasteiger partial charge in [-0.15, -0.1) is 0 Å². The lowest BCUT2D eigenvalue weighted by Gasteiger charge is -2.21. The number of nitrogens with zero attached hydrogens (tertiary/aromatic N) is 1. The van der Waals surface area contributed by atoms with Gasteiger partial charge in [0.25, 0.3) is 0 Å². The number of carboxylic acid groups (broad SMARTS) is 1. The molecule has 2 amide bonds. The first-order chi connectivity index (χ1) is 9.02. The monoisotopic (exact) mass is 284 g/mol. The van der Waals surface area contributed by atoms with Gasteiger partial charge in [-0.1, -0.05) is 24.6 Å². The van der Waals surface area contributed by atoms with Crippen LogP contribution in [-0.4, -0.2) is 35.1 Å². The van der Waals surface area contributed by atoms with E-state index in [1.165, 1.54) is 4.90 Å². The Bertz CT molecular complexity index is 451. The van der Waals surface area contributed by atoms with Crippen molar-refractivity contribution in [2.24, 2.45) is 0 Å². The van der Waals surface area contributed by atoms with Crippen LogP contribution in [0.2, 0.25) is 5.02 Å². The predicted octanol–water partition coefficient (Wildman–Crippen LogP) is 3.06. The van der Waals surface area contributed by atoms with Gasteiger partial charge in [-0.05, 0) is 24.6 Å². The summed E-state index contributed by atoms with van der Waals surface area (Å²) in [7, 11) is 0. The molecule has 19 heavy (non-hydrogen) atoms. The molecule has 2 N–H and O–H groups in total. The first kappa shape index (κ1) is 15.3. The van der Waals surface area contributed by atoms with E-state index >= 15 is 0 Å². The molecule has 0 radical (unpaired) electrons. The Kier molecular flexibility index (Phi) is 6.15. The van der Waals surface area contributed by atoms with E-state index in [2.05, 4.69) is 5.32 Å². The van der Waals surface area contributed by atoms with Crippen molar-refractivity contribution in [2.75, 3.05) is 18.4 Å². The predicted molar refractivity (Wildman–Crippen MR) is 74.6 cm³/mol. The number of urea groups is 1. The molecule has 0 unspecified atom stereocenters. The second kappa shape index (κ2) is 7.63. The van der Waals surface area contributed by atoms with Crippen LogP contribution < -0.4 is 5.32 Å². The summed E-state index contributed by atoms with van der Waals surface area (Å²) in [5, 5.41) is 11.9. The molecule has 0 spiro atoms. The zero-order valence-corrected chi connectivity index (χ0v) is 11.5. The van der Waals surface area contributed by atoms with E-state index < -0.39 is 5.97 Å². The molecule has 104 valence electrons. The number of hydrogen-bond acceptors (Lipinski definition) is 2. The summed E-state index contributed by atoms with van der Waals surface area (Å²) in [5.41, 5.74) is 0.592. The van der Waals surface area contributed by atoms with Crippen LogP contribution in [0.25, 0.3) is 0 Å². The first-order valence-corrected chi connectivity index (χ1v) is 6.44. The van der Waals surface area contributed by atoms with E-state index in [4.69, 9.17) is 16.7 Å². The minimum absolute atomic E-state index is 0.0665. The number of aliphatic carboxylic acids is 1. The molecule has 1 aromatic rings. The molecule has 0 aliphatic rings. The fourth-order valence-electron chi connectivity index (χ4n) is 1.58. The summed E-state index contributed by atoms with van der Waals surface area (Å²) in [6.45, 7) is 2.63. The second-order valence-electron chi connectivity index (χ2n) is 4.07. The van der Waals surface area contributed by atoms with Gasteiger partial charge in [-0.2, -0.15) is 0 Å². The smallest absolute Gasteiger partial charge is 0.321 e. The zero-order valence-electron chi connectivity index (χ0n) is 10.7. The van der Waals surface area contributed by atoms with Crippen molar-refractivity contribution in [3.63, 3.8) is 0 Å². The minimum atomic E-state index is -0.920. The van der Waals surface area contributed by atoms with Crippen molar-refractivity contribution in [2.45, 2.75) is 19.8 Å². The van der Waals surface area contributed by atoms with Crippen molar-refractivity contribution < 1.29 is 14.7 Å². The third-order valence-electron chi connectivity index (χ3n) is 2.45. The van der Waals surface area contributed by atoms with Crippen molar-refractivity contribution in [1.29, 1.82) is 0 Å². The van der Waals surface area contributed by atoms with Crippen LogP contribution in [0, 0.1) is 0 Å². The standard InChI is InChI=1S/C13H17ClN2O3/c1-2-7-16(8-6-12(17)18)13(19)15-11-5-3-4-10(14)9-11/h3-5,9H,2,6-8H2,1H3,(H,15,19)(H,17,18). The molecule has 0 saturated carbocycles. The SMILES string of the molecule is CCCN(CCC(=O)O)C(=O)Nc1cccc(Cl)c1. The Morgan fingerprint density at radius 3 is 2.68 bits per heavy atom. The lowest BCUT2D eigenvalue weighted by atomic mass is 10.3. The number of carbonyl (C=O) groups excluding carboxylic acids is 1. The third-order valence-corrected chi connectivity index (χ3v) is 2.69. The zero-order chi connectivity index (χ0) is 14.3. The first-order valence-electron chi connectivity index (χ1n) is 6.06. The van der Waals surface area contributed by atoms with Crippen LogP contribution in [0.3, 0.4) is 0 Å². The fourth-order valence-corrected chi connectivity index (χ4v) is 1.77. The topological polar surface area (TPSA) is 69.6 Å². The van der Waals surface area contributed by atoms with Crippen molar-refractivity contribution in [1.82, 2.24) is 4.90 Å². The van der Waals surface area contributed by atoms with E-state index in [-0.39, 0.29) is 19.0 Å². The highest BCUT2D eigenvalue weighted by Gasteiger charge is 2.14. The number of carboxylic acids is 1. The quantitative estimate of drug-likeness (QED) is 0.843. The number of nitrogens with one attached hydrogen (secondary N) is 1. The highest BCUT2D eigenvalue weighted by Crippen LogP contribution is 2.15. The second-order valence-corrected chi connectivity index (χ2v) is 4.51. The van der Waals surface area contributed by atoms with E-state index in [1.54, 1.807) is 24.3 Å². The lowest BCUT2D eigenvalue weighted by Crippen LogP contribution is -2.37. The molecule has 0 fully saturated rings. The number of amides is 2. The molecule has 0 saturated heterocycles. The molecule has 1 rings (SSSR count).